The van der Waals surface area contributed by atoms with E-state index in [-0.39, 0.29) is 5.91 Å². The molecule has 0 saturated carbocycles. The Hall–Kier alpha value is -3.61. The van der Waals surface area contributed by atoms with Crippen molar-refractivity contribution in [2.24, 2.45) is 0 Å². The lowest BCUT2D eigenvalue weighted by Crippen LogP contribution is -2.27. The third-order valence-corrected chi connectivity index (χ3v) is 3.68. The molecular weight excluding hydrogens is 384 g/mol. The molecule has 0 heterocycles. The second kappa shape index (κ2) is 10.2. The zero-order chi connectivity index (χ0) is 22.1. The summed E-state index contributed by atoms with van der Waals surface area (Å²) in [5.41, 5.74) is 1.42. The summed E-state index contributed by atoms with van der Waals surface area (Å²) in [5, 5.41) is 5.42. The minimum absolute atomic E-state index is 0.312. The smallest absolute Gasteiger partial charge is 0.412 e. The Balaban J connectivity index is 2.06. The summed E-state index contributed by atoms with van der Waals surface area (Å²) in [4.78, 5) is 36.0. The van der Waals surface area contributed by atoms with Crippen LogP contribution in [0.2, 0.25) is 0 Å². The van der Waals surface area contributed by atoms with Crippen molar-refractivity contribution in [2.75, 3.05) is 17.2 Å². The van der Waals surface area contributed by atoms with Crippen LogP contribution in [0.3, 0.4) is 0 Å². The number of carbonyl (C=O) groups is 3. The highest BCUT2D eigenvalue weighted by molar-refractivity contribution is 6.07. The molecule has 0 aliphatic heterocycles. The molecule has 0 aromatic heterocycles. The minimum atomic E-state index is -0.633. The molecule has 2 amide bonds. The van der Waals surface area contributed by atoms with E-state index < -0.39 is 17.7 Å². The topological polar surface area (TPSA) is 93.7 Å². The molecular formula is C23H26N2O5. The van der Waals surface area contributed by atoms with Crippen LogP contribution >= 0.6 is 0 Å². The molecule has 158 valence electrons. The molecule has 2 N–H and O–H groups in total. The highest BCUT2D eigenvalue weighted by Crippen LogP contribution is 2.23. The lowest BCUT2D eigenvalue weighted by molar-refractivity contribution is -0.137. The van der Waals surface area contributed by atoms with Gasteiger partial charge in [0.15, 0.2) is 0 Å². The molecule has 0 bridgehead atoms. The lowest BCUT2D eigenvalue weighted by Gasteiger charge is -2.20. The average Bonchev–Trinajstić information content (AvgIpc) is 2.67. The molecule has 7 heteroatoms. The van der Waals surface area contributed by atoms with Gasteiger partial charge in [-0.25, -0.2) is 9.59 Å². The molecule has 0 radical (unpaired) electrons. The number of esters is 1. The van der Waals surface area contributed by atoms with Crippen LogP contribution in [0.4, 0.5) is 16.2 Å². The fourth-order valence-corrected chi connectivity index (χ4v) is 2.41. The van der Waals surface area contributed by atoms with Gasteiger partial charge in [-0.1, -0.05) is 24.3 Å². The van der Waals surface area contributed by atoms with Gasteiger partial charge in [0, 0.05) is 11.6 Å². The van der Waals surface area contributed by atoms with Gasteiger partial charge >= 0.3 is 12.1 Å². The maximum Gasteiger partial charge on any atom is 0.412 e. The quantitative estimate of drug-likeness (QED) is 0.524. The molecule has 30 heavy (non-hydrogen) atoms. The number of ether oxygens (including phenoxy) is 2. The van der Waals surface area contributed by atoms with Crippen molar-refractivity contribution in [1.82, 2.24) is 0 Å². The van der Waals surface area contributed by atoms with E-state index >= 15 is 0 Å². The van der Waals surface area contributed by atoms with E-state index in [4.69, 9.17) is 9.47 Å². The monoisotopic (exact) mass is 410 g/mol. The SMILES string of the molecule is CCOC(=O)C=Cc1ccc(C(=O)Nc2ccccc2NC(=O)OC(C)(C)C)cc1. The Bertz CT molecular complexity index is 927. The molecule has 0 saturated heterocycles. The second-order valence-corrected chi connectivity index (χ2v) is 7.33. The summed E-state index contributed by atoms with van der Waals surface area (Å²) in [6.45, 7) is 7.36. The maximum atomic E-state index is 12.6. The van der Waals surface area contributed by atoms with Crippen molar-refractivity contribution >= 4 is 35.4 Å². The molecule has 0 aliphatic carbocycles. The predicted octanol–water partition coefficient (Wildman–Crippen LogP) is 4.86. The predicted molar refractivity (Wildman–Crippen MR) is 116 cm³/mol. The summed E-state index contributed by atoms with van der Waals surface area (Å²) in [5.74, 6) is -0.761. The van der Waals surface area contributed by atoms with E-state index in [1.807, 2.05) is 0 Å². The van der Waals surface area contributed by atoms with Gasteiger partial charge in [0.25, 0.3) is 5.91 Å². The molecule has 0 fully saturated rings. The molecule has 2 aromatic rings. The van der Waals surface area contributed by atoms with Crippen molar-refractivity contribution in [2.45, 2.75) is 33.3 Å². The van der Waals surface area contributed by atoms with Crippen molar-refractivity contribution in [3.05, 3.63) is 65.7 Å². The number of anilines is 2. The number of benzene rings is 2. The number of hydrogen-bond donors (Lipinski definition) is 2. The number of carbonyl (C=O) groups excluding carboxylic acids is 3. The third-order valence-electron chi connectivity index (χ3n) is 3.68. The van der Waals surface area contributed by atoms with E-state index in [0.717, 1.165) is 5.56 Å². The van der Waals surface area contributed by atoms with Crippen LogP contribution in [0.1, 0.15) is 43.6 Å². The van der Waals surface area contributed by atoms with Crippen molar-refractivity contribution in [3.63, 3.8) is 0 Å². The normalized spacial score (nSPS) is 11.1. The Morgan fingerprint density at radius 3 is 2.10 bits per heavy atom. The summed E-state index contributed by atoms with van der Waals surface area (Å²) < 4.78 is 10.1. The maximum absolute atomic E-state index is 12.6. The van der Waals surface area contributed by atoms with E-state index in [1.165, 1.54) is 6.08 Å². The minimum Gasteiger partial charge on any atom is -0.463 e. The Morgan fingerprint density at radius 1 is 0.933 bits per heavy atom. The molecule has 0 unspecified atom stereocenters. The molecule has 2 aromatic carbocycles. The van der Waals surface area contributed by atoms with Crippen molar-refractivity contribution in [1.29, 1.82) is 0 Å². The average molecular weight is 410 g/mol. The van der Waals surface area contributed by atoms with Gasteiger partial charge in [0.1, 0.15) is 5.60 Å². The molecule has 7 nitrogen and oxygen atoms in total. The van der Waals surface area contributed by atoms with Gasteiger partial charge in [-0.15, -0.1) is 0 Å². The molecule has 0 spiro atoms. The van der Waals surface area contributed by atoms with Crippen molar-refractivity contribution in [3.8, 4) is 0 Å². The van der Waals surface area contributed by atoms with Gasteiger partial charge < -0.3 is 14.8 Å². The van der Waals surface area contributed by atoms with Gasteiger partial charge in [-0.2, -0.15) is 0 Å². The van der Waals surface area contributed by atoms with Gasteiger partial charge in [0.2, 0.25) is 0 Å². The Kier molecular flexibility index (Phi) is 7.75. The van der Waals surface area contributed by atoms with Gasteiger partial charge in [-0.3, -0.25) is 10.1 Å². The van der Waals surface area contributed by atoms with Crippen LogP contribution in [0.5, 0.6) is 0 Å². The Labute approximate surface area is 176 Å². The number of hydrogen-bond acceptors (Lipinski definition) is 5. The van der Waals surface area contributed by atoms with Crippen LogP contribution in [0.15, 0.2) is 54.6 Å². The van der Waals surface area contributed by atoms with E-state index in [9.17, 15) is 14.4 Å². The summed E-state index contributed by atoms with van der Waals surface area (Å²) >= 11 is 0. The van der Waals surface area contributed by atoms with Crippen molar-refractivity contribution < 1.29 is 23.9 Å². The molecule has 0 atom stereocenters. The Morgan fingerprint density at radius 2 is 1.53 bits per heavy atom. The first-order chi connectivity index (χ1) is 14.2. The number of amides is 2. The first-order valence-electron chi connectivity index (χ1n) is 9.53. The fourth-order valence-electron chi connectivity index (χ4n) is 2.41. The molecule has 2 rings (SSSR count). The first kappa shape index (κ1) is 22.7. The van der Waals surface area contributed by atoms with E-state index in [1.54, 1.807) is 82.3 Å². The van der Waals surface area contributed by atoms with E-state index in [0.29, 0.717) is 23.5 Å². The first-order valence-corrected chi connectivity index (χ1v) is 9.53. The van der Waals surface area contributed by atoms with Crippen LogP contribution < -0.4 is 10.6 Å². The zero-order valence-electron chi connectivity index (χ0n) is 17.5. The lowest BCUT2D eigenvalue weighted by atomic mass is 10.1. The van der Waals surface area contributed by atoms with Crippen LogP contribution in [-0.2, 0) is 14.3 Å². The summed E-state index contributed by atoms with van der Waals surface area (Å²) in [7, 11) is 0. The third kappa shape index (κ3) is 7.43. The second-order valence-electron chi connectivity index (χ2n) is 7.33. The summed E-state index contributed by atoms with van der Waals surface area (Å²) in [6, 6.07) is 13.6. The summed E-state index contributed by atoms with van der Waals surface area (Å²) in [6.07, 6.45) is 2.33. The molecule has 0 aliphatic rings. The number of para-hydroxylation sites is 2. The standard InChI is InChI=1S/C23H26N2O5/c1-5-29-20(26)15-12-16-10-13-17(14-11-16)21(27)24-18-8-6-7-9-19(18)25-22(28)30-23(2,3)4/h6-15H,5H2,1-4H3,(H,24,27)(H,25,28). The highest BCUT2D eigenvalue weighted by Gasteiger charge is 2.17. The zero-order valence-corrected chi connectivity index (χ0v) is 17.5. The van der Waals surface area contributed by atoms with Crippen LogP contribution in [0.25, 0.3) is 6.08 Å². The fraction of sp³-hybridized carbons (Fsp3) is 0.261. The van der Waals surface area contributed by atoms with Gasteiger partial charge in [-0.05, 0) is 63.6 Å². The highest BCUT2D eigenvalue weighted by atomic mass is 16.6. The van der Waals surface area contributed by atoms with Crippen LogP contribution in [0, 0.1) is 0 Å². The largest absolute Gasteiger partial charge is 0.463 e. The number of nitrogens with one attached hydrogen (secondary N) is 2. The number of rotatable bonds is 6. The van der Waals surface area contributed by atoms with E-state index in [2.05, 4.69) is 10.6 Å². The van der Waals surface area contributed by atoms with Crippen LogP contribution in [-0.4, -0.2) is 30.2 Å². The van der Waals surface area contributed by atoms with Gasteiger partial charge in [0.05, 0.1) is 18.0 Å².